The molecule has 0 atom stereocenters. The second-order valence-electron chi connectivity index (χ2n) is 5.17. The molecule has 0 spiro atoms. The normalized spacial score (nSPS) is 14.5. The minimum absolute atomic E-state index is 0. The van der Waals surface area contributed by atoms with Crippen molar-refractivity contribution in [1.82, 2.24) is 15.5 Å². The molecule has 122 valence electrons. The summed E-state index contributed by atoms with van der Waals surface area (Å²) in [5.74, 6) is 0.698. The van der Waals surface area contributed by atoms with Gasteiger partial charge >= 0.3 is 0 Å². The van der Waals surface area contributed by atoms with E-state index in [0.29, 0.717) is 12.0 Å². The number of likely N-dealkylation sites (N-methyl/N-ethyl adjacent to an activating group) is 1. The first-order chi connectivity index (χ1) is 10.1. The molecule has 1 amide bonds. The number of hydrogen-bond donors (Lipinski definition) is 2. The zero-order valence-corrected chi connectivity index (χ0v) is 16.1. The number of aliphatic imine (C=N–C) groups is 1. The summed E-state index contributed by atoms with van der Waals surface area (Å²) in [4.78, 5) is 18.9. The van der Waals surface area contributed by atoms with Gasteiger partial charge in [0.2, 0.25) is 5.91 Å². The smallest absolute Gasteiger partial charge is 0.243 e. The first-order valence-electron chi connectivity index (χ1n) is 7.07. The maximum Gasteiger partial charge on any atom is 0.243 e. The van der Waals surface area contributed by atoms with Gasteiger partial charge in [0.05, 0.1) is 6.54 Å². The fraction of sp³-hybridized carbons (Fsp3) is 0.467. The highest BCUT2D eigenvalue weighted by Gasteiger charge is 2.12. The molecule has 0 fully saturated rings. The van der Waals surface area contributed by atoms with Crippen LogP contribution in [0.2, 0.25) is 0 Å². The van der Waals surface area contributed by atoms with E-state index in [1.54, 1.807) is 30.3 Å². The van der Waals surface area contributed by atoms with Crippen LogP contribution in [0.25, 0.3) is 0 Å². The van der Waals surface area contributed by atoms with E-state index in [1.807, 2.05) is 6.07 Å². The molecule has 2 rings (SSSR count). The van der Waals surface area contributed by atoms with Gasteiger partial charge in [-0.3, -0.25) is 4.79 Å². The van der Waals surface area contributed by atoms with E-state index < -0.39 is 0 Å². The van der Waals surface area contributed by atoms with Crippen LogP contribution in [-0.4, -0.2) is 43.4 Å². The standard InChI is InChI=1S/C15H22N4OS.HI/c1-19(2)14(20)11-17-15(18-12-6-3-4-7-12)16-10-13-8-5-9-21-13;/h3-5,8-9,12H,6-7,10-11H2,1-2H3,(H2,16,17,18);1H. The lowest BCUT2D eigenvalue weighted by Crippen LogP contribution is -2.42. The second-order valence-corrected chi connectivity index (χ2v) is 6.20. The van der Waals surface area contributed by atoms with Gasteiger partial charge in [0.1, 0.15) is 6.54 Å². The fourth-order valence-electron chi connectivity index (χ4n) is 1.95. The molecule has 1 aromatic rings. The summed E-state index contributed by atoms with van der Waals surface area (Å²) in [6.45, 7) is 0.882. The molecule has 0 saturated carbocycles. The number of carbonyl (C=O) groups is 1. The van der Waals surface area contributed by atoms with Gasteiger partial charge in [-0.2, -0.15) is 0 Å². The van der Waals surface area contributed by atoms with Crippen LogP contribution in [0.3, 0.4) is 0 Å². The Kier molecular flexibility index (Phi) is 8.47. The van der Waals surface area contributed by atoms with E-state index in [9.17, 15) is 4.79 Å². The van der Waals surface area contributed by atoms with Crippen molar-refractivity contribution in [2.45, 2.75) is 25.4 Å². The molecule has 0 bridgehead atoms. The van der Waals surface area contributed by atoms with E-state index in [0.717, 1.165) is 19.4 Å². The van der Waals surface area contributed by atoms with Gasteiger partial charge in [0.25, 0.3) is 0 Å². The summed E-state index contributed by atoms with van der Waals surface area (Å²) < 4.78 is 0. The summed E-state index contributed by atoms with van der Waals surface area (Å²) >= 11 is 1.70. The van der Waals surface area contributed by atoms with E-state index in [2.05, 4.69) is 39.2 Å². The molecule has 0 aromatic carbocycles. The number of guanidine groups is 1. The molecular formula is C15H23IN4OS. The van der Waals surface area contributed by atoms with Gasteiger partial charge in [0.15, 0.2) is 5.96 Å². The van der Waals surface area contributed by atoms with Crippen molar-refractivity contribution in [2.75, 3.05) is 20.6 Å². The Morgan fingerprint density at radius 2 is 2.14 bits per heavy atom. The summed E-state index contributed by atoms with van der Waals surface area (Å²) in [6.07, 6.45) is 6.34. The van der Waals surface area contributed by atoms with Crippen molar-refractivity contribution >= 4 is 47.2 Å². The van der Waals surface area contributed by atoms with Crippen molar-refractivity contribution in [1.29, 1.82) is 0 Å². The molecule has 1 aromatic heterocycles. The summed E-state index contributed by atoms with van der Waals surface area (Å²) in [5.41, 5.74) is 0. The molecule has 1 heterocycles. The van der Waals surface area contributed by atoms with Gasteiger partial charge in [-0.15, -0.1) is 35.3 Å². The predicted octanol–water partition coefficient (Wildman–Crippen LogP) is 2.21. The highest BCUT2D eigenvalue weighted by Crippen LogP contribution is 2.10. The summed E-state index contributed by atoms with van der Waals surface area (Å²) in [7, 11) is 3.48. The number of thiophene rings is 1. The van der Waals surface area contributed by atoms with Crippen LogP contribution >= 0.6 is 35.3 Å². The van der Waals surface area contributed by atoms with E-state index in [-0.39, 0.29) is 36.4 Å². The zero-order chi connectivity index (χ0) is 15.1. The molecule has 7 heteroatoms. The lowest BCUT2D eigenvalue weighted by molar-refractivity contribution is -0.127. The van der Waals surface area contributed by atoms with Gasteiger partial charge in [-0.1, -0.05) is 18.2 Å². The molecule has 0 aliphatic heterocycles. The number of halogens is 1. The SMILES string of the molecule is CN(C)C(=O)CN=C(NCc1cccs1)NC1CC=CC1.I. The molecule has 5 nitrogen and oxygen atoms in total. The van der Waals surface area contributed by atoms with Gasteiger partial charge < -0.3 is 15.5 Å². The fourth-order valence-corrected chi connectivity index (χ4v) is 2.60. The third kappa shape index (κ3) is 6.35. The Labute approximate surface area is 152 Å². The lowest BCUT2D eigenvalue weighted by Gasteiger charge is -2.17. The van der Waals surface area contributed by atoms with Crippen molar-refractivity contribution in [2.24, 2.45) is 4.99 Å². The van der Waals surface area contributed by atoms with E-state index in [1.165, 1.54) is 4.88 Å². The van der Waals surface area contributed by atoms with Crippen LogP contribution in [0.15, 0.2) is 34.7 Å². The van der Waals surface area contributed by atoms with E-state index in [4.69, 9.17) is 0 Å². The zero-order valence-electron chi connectivity index (χ0n) is 12.9. The second kappa shape index (κ2) is 9.83. The van der Waals surface area contributed by atoms with Crippen molar-refractivity contribution in [3.63, 3.8) is 0 Å². The lowest BCUT2D eigenvalue weighted by atomic mass is 10.2. The average molecular weight is 434 g/mol. The minimum atomic E-state index is -0.00299. The molecular weight excluding hydrogens is 411 g/mol. The minimum Gasteiger partial charge on any atom is -0.353 e. The molecule has 0 unspecified atom stereocenters. The molecule has 2 N–H and O–H groups in total. The summed E-state index contributed by atoms with van der Waals surface area (Å²) in [6, 6.07) is 4.48. The maximum absolute atomic E-state index is 11.7. The van der Waals surface area contributed by atoms with Crippen molar-refractivity contribution in [3.8, 4) is 0 Å². The largest absolute Gasteiger partial charge is 0.353 e. The third-order valence-electron chi connectivity index (χ3n) is 3.23. The van der Waals surface area contributed by atoms with Crippen LogP contribution < -0.4 is 10.6 Å². The van der Waals surface area contributed by atoms with Crippen LogP contribution in [0.5, 0.6) is 0 Å². The third-order valence-corrected chi connectivity index (χ3v) is 4.11. The van der Waals surface area contributed by atoms with Crippen LogP contribution in [0.1, 0.15) is 17.7 Å². The number of hydrogen-bond acceptors (Lipinski definition) is 3. The maximum atomic E-state index is 11.7. The molecule has 0 radical (unpaired) electrons. The Morgan fingerprint density at radius 1 is 1.41 bits per heavy atom. The monoisotopic (exact) mass is 434 g/mol. The Morgan fingerprint density at radius 3 is 2.73 bits per heavy atom. The predicted molar refractivity (Wildman–Crippen MR) is 103 cm³/mol. The van der Waals surface area contributed by atoms with Gasteiger partial charge in [-0.05, 0) is 24.3 Å². The quantitative estimate of drug-likeness (QED) is 0.324. The number of nitrogens with zero attached hydrogens (tertiary/aromatic N) is 2. The van der Waals surface area contributed by atoms with Crippen molar-refractivity contribution < 1.29 is 4.79 Å². The molecule has 22 heavy (non-hydrogen) atoms. The van der Waals surface area contributed by atoms with Crippen LogP contribution in [0, 0.1) is 0 Å². The highest BCUT2D eigenvalue weighted by molar-refractivity contribution is 14.0. The number of carbonyl (C=O) groups excluding carboxylic acids is 1. The van der Waals surface area contributed by atoms with Crippen LogP contribution in [-0.2, 0) is 11.3 Å². The first-order valence-corrected chi connectivity index (χ1v) is 7.95. The Hall–Kier alpha value is -1.09. The highest BCUT2D eigenvalue weighted by atomic mass is 127. The molecule has 1 aliphatic rings. The van der Waals surface area contributed by atoms with Crippen LogP contribution in [0.4, 0.5) is 0 Å². The first kappa shape index (κ1) is 19.0. The van der Waals surface area contributed by atoms with E-state index >= 15 is 0 Å². The number of nitrogens with one attached hydrogen (secondary N) is 2. The average Bonchev–Trinajstić information content (AvgIpc) is 3.14. The molecule has 1 aliphatic carbocycles. The van der Waals surface area contributed by atoms with Crippen molar-refractivity contribution in [3.05, 3.63) is 34.5 Å². The topological polar surface area (TPSA) is 56.7 Å². The number of amides is 1. The Bertz CT molecular complexity index is 506. The summed E-state index contributed by atoms with van der Waals surface area (Å²) in [5, 5.41) is 8.73. The Balaban J connectivity index is 0.00000242. The van der Waals surface area contributed by atoms with Gasteiger partial charge in [-0.25, -0.2) is 4.99 Å². The van der Waals surface area contributed by atoms with Gasteiger partial charge in [0, 0.05) is 25.0 Å². The molecule has 0 saturated heterocycles. The number of rotatable bonds is 5.